The number of aromatic amines is 1. The van der Waals surface area contributed by atoms with Crippen LogP contribution in [0.25, 0.3) is 21.8 Å². The molecule has 0 aliphatic carbocycles. The van der Waals surface area contributed by atoms with Crippen molar-refractivity contribution in [2.45, 2.75) is 25.1 Å². The van der Waals surface area contributed by atoms with Crippen LogP contribution in [0.4, 0.5) is 19.0 Å². The Kier molecular flexibility index (Phi) is 4.12. The molecule has 27 heavy (non-hydrogen) atoms. The molecule has 0 saturated carbocycles. The number of nitrogens with zero attached hydrogens (tertiary/aromatic N) is 5. The fourth-order valence-corrected chi connectivity index (χ4v) is 3.54. The SMILES string of the molecule is CN(C(=O)CC(F)(F)F)C1CCN(c2nncc3cnc4[nH]ccc4c23)C1. The number of alkyl halides is 3. The first-order chi connectivity index (χ1) is 12.8. The molecule has 3 aromatic heterocycles. The number of likely N-dealkylation sites (N-methyl/N-ethyl adjacent to an activating group) is 1. The number of nitrogens with one attached hydrogen (secondary N) is 1. The number of halogens is 3. The van der Waals surface area contributed by atoms with Crippen LogP contribution in [0, 0.1) is 0 Å². The molecule has 3 aromatic rings. The van der Waals surface area contributed by atoms with Gasteiger partial charge in [-0.3, -0.25) is 4.79 Å². The van der Waals surface area contributed by atoms with Gasteiger partial charge in [-0.15, -0.1) is 5.10 Å². The third kappa shape index (κ3) is 3.26. The summed E-state index contributed by atoms with van der Waals surface area (Å²) in [5.41, 5.74) is 0.727. The van der Waals surface area contributed by atoms with Crippen molar-refractivity contribution in [3.63, 3.8) is 0 Å². The Labute approximate surface area is 152 Å². The van der Waals surface area contributed by atoms with E-state index in [2.05, 4.69) is 20.2 Å². The Hall–Kier alpha value is -2.91. The minimum atomic E-state index is -4.50. The van der Waals surface area contributed by atoms with E-state index in [0.717, 1.165) is 21.8 Å². The molecule has 7 nitrogen and oxygen atoms in total. The zero-order valence-corrected chi connectivity index (χ0v) is 14.5. The van der Waals surface area contributed by atoms with Gasteiger partial charge in [-0.05, 0) is 12.5 Å². The van der Waals surface area contributed by atoms with Crippen molar-refractivity contribution in [2.24, 2.45) is 0 Å². The van der Waals surface area contributed by atoms with Crippen LogP contribution in [-0.4, -0.2) is 63.3 Å². The van der Waals surface area contributed by atoms with Gasteiger partial charge in [0.15, 0.2) is 5.82 Å². The second-order valence-electron chi connectivity index (χ2n) is 6.68. The van der Waals surface area contributed by atoms with Crippen LogP contribution in [0.3, 0.4) is 0 Å². The first kappa shape index (κ1) is 17.5. The zero-order valence-electron chi connectivity index (χ0n) is 14.5. The molecule has 4 heterocycles. The van der Waals surface area contributed by atoms with E-state index in [1.807, 2.05) is 11.0 Å². The zero-order chi connectivity index (χ0) is 19.2. The number of carbonyl (C=O) groups is 1. The molecule has 1 atom stereocenters. The number of rotatable bonds is 3. The van der Waals surface area contributed by atoms with Gasteiger partial charge in [0.1, 0.15) is 12.1 Å². The number of carbonyl (C=O) groups excluding carboxylic acids is 1. The molecule has 1 fully saturated rings. The Morgan fingerprint density at radius 3 is 3.00 bits per heavy atom. The molecule has 142 valence electrons. The fraction of sp³-hybridized carbons (Fsp3) is 0.412. The molecule has 4 rings (SSSR count). The highest BCUT2D eigenvalue weighted by atomic mass is 19.4. The maximum atomic E-state index is 12.5. The first-order valence-electron chi connectivity index (χ1n) is 8.48. The number of amides is 1. The van der Waals surface area contributed by atoms with Crippen molar-refractivity contribution in [3.05, 3.63) is 24.7 Å². The van der Waals surface area contributed by atoms with Crippen molar-refractivity contribution in [3.8, 4) is 0 Å². The predicted octanol–water partition coefficient (Wildman–Crippen LogP) is 2.50. The Balaban J connectivity index is 1.61. The normalized spacial score (nSPS) is 17.8. The molecular weight excluding hydrogens is 361 g/mol. The third-order valence-corrected chi connectivity index (χ3v) is 4.94. The second kappa shape index (κ2) is 6.36. The monoisotopic (exact) mass is 378 g/mol. The molecule has 1 unspecified atom stereocenters. The van der Waals surface area contributed by atoms with E-state index in [0.29, 0.717) is 25.3 Å². The topological polar surface area (TPSA) is 78.0 Å². The van der Waals surface area contributed by atoms with E-state index in [1.54, 1.807) is 18.6 Å². The number of fused-ring (bicyclic) bond motifs is 3. The summed E-state index contributed by atoms with van der Waals surface area (Å²) in [7, 11) is 1.42. The van der Waals surface area contributed by atoms with Crippen LogP contribution in [0.15, 0.2) is 24.7 Å². The summed E-state index contributed by atoms with van der Waals surface area (Å²) in [4.78, 5) is 22.4. The lowest BCUT2D eigenvalue weighted by Crippen LogP contribution is -2.40. The molecule has 1 saturated heterocycles. The van der Waals surface area contributed by atoms with Crippen LogP contribution in [0.1, 0.15) is 12.8 Å². The largest absolute Gasteiger partial charge is 0.397 e. The Morgan fingerprint density at radius 1 is 1.41 bits per heavy atom. The van der Waals surface area contributed by atoms with Gasteiger partial charge in [-0.25, -0.2) is 4.98 Å². The fourth-order valence-electron chi connectivity index (χ4n) is 3.54. The summed E-state index contributed by atoms with van der Waals surface area (Å²) in [6.45, 7) is 0.985. The molecule has 1 aliphatic heterocycles. The van der Waals surface area contributed by atoms with E-state index in [1.165, 1.54) is 11.9 Å². The molecule has 1 aliphatic rings. The van der Waals surface area contributed by atoms with Gasteiger partial charge in [-0.2, -0.15) is 18.3 Å². The average Bonchev–Trinajstić information content (AvgIpc) is 3.28. The van der Waals surface area contributed by atoms with Gasteiger partial charge < -0.3 is 14.8 Å². The molecule has 0 bridgehead atoms. The van der Waals surface area contributed by atoms with Gasteiger partial charge in [-0.1, -0.05) is 0 Å². The predicted molar refractivity (Wildman–Crippen MR) is 93.2 cm³/mol. The van der Waals surface area contributed by atoms with Gasteiger partial charge in [0.2, 0.25) is 5.91 Å². The maximum Gasteiger partial charge on any atom is 0.397 e. The summed E-state index contributed by atoms with van der Waals surface area (Å²) in [5.74, 6) is -0.269. The van der Waals surface area contributed by atoms with Crippen LogP contribution in [0.5, 0.6) is 0 Å². The lowest BCUT2D eigenvalue weighted by atomic mass is 10.1. The number of aromatic nitrogens is 4. The average molecular weight is 378 g/mol. The van der Waals surface area contributed by atoms with E-state index >= 15 is 0 Å². The second-order valence-corrected chi connectivity index (χ2v) is 6.68. The summed E-state index contributed by atoms with van der Waals surface area (Å²) in [6, 6.07) is 1.60. The number of hydrogen-bond donors (Lipinski definition) is 1. The van der Waals surface area contributed by atoms with Crippen molar-refractivity contribution in [2.75, 3.05) is 25.0 Å². The lowest BCUT2D eigenvalue weighted by molar-refractivity contribution is -0.161. The van der Waals surface area contributed by atoms with E-state index in [9.17, 15) is 18.0 Å². The highest BCUT2D eigenvalue weighted by molar-refractivity contribution is 6.10. The number of H-pyrrole nitrogens is 1. The Bertz CT molecular complexity index is 1000. The Morgan fingerprint density at radius 2 is 2.22 bits per heavy atom. The summed E-state index contributed by atoms with van der Waals surface area (Å²) in [6.07, 6.45) is -0.248. The first-order valence-corrected chi connectivity index (χ1v) is 8.48. The summed E-state index contributed by atoms with van der Waals surface area (Å²) < 4.78 is 37.5. The maximum absolute atomic E-state index is 12.5. The van der Waals surface area contributed by atoms with Gasteiger partial charge in [0.05, 0.1) is 12.2 Å². The lowest BCUT2D eigenvalue weighted by Gasteiger charge is -2.26. The van der Waals surface area contributed by atoms with Gasteiger partial charge >= 0.3 is 6.18 Å². The molecule has 0 aromatic carbocycles. The molecule has 1 amide bonds. The molecule has 0 spiro atoms. The summed E-state index contributed by atoms with van der Waals surface area (Å²) in [5, 5.41) is 10.9. The van der Waals surface area contributed by atoms with Crippen LogP contribution < -0.4 is 4.90 Å². The van der Waals surface area contributed by atoms with Crippen molar-refractivity contribution in [1.29, 1.82) is 0 Å². The van der Waals surface area contributed by atoms with E-state index in [4.69, 9.17) is 0 Å². The molecule has 1 N–H and O–H groups in total. The highest BCUT2D eigenvalue weighted by Gasteiger charge is 2.36. The number of anilines is 1. The van der Waals surface area contributed by atoms with Crippen LogP contribution in [-0.2, 0) is 4.79 Å². The molecular formula is C17H17F3N6O. The van der Waals surface area contributed by atoms with Gasteiger partial charge in [0, 0.05) is 48.7 Å². The number of hydrogen-bond acceptors (Lipinski definition) is 5. The smallest absolute Gasteiger partial charge is 0.352 e. The number of pyridine rings is 1. The molecule has 0 radical (unpaired) electrons. The third-order valence-electron chi connectivity index (χ3n) is 4.94. The highest BCUT2D eigenvalue weighted by Crippen LogP contribution is 2.32. The quantitative estimate of drug-likeness (QED) is 0.758. The van der Waals surface area contributed by atoms with Gasteiger partial charge in [0.25, 0.3) is 0 Å². The van der Waals surface area contributed by atoms with Crippen molar-refractivity contribution in [1.82, 2.24) is 25.1 Å². The standard InChI is InChI=1S/C17H17F3N6O/c1-25(13(27)6-17(18,19)20)11-3-5-26(9-11)16-14-10(8-23-24-16)7-22-15-12(14)2-4-21-15/h2,4,7-8,11H,3,5-6,9H2,1H3,(H,21,22). The van der Waals surface area contributed by atoms with Crippen molar-refractivity contribution >= 4 is 33.5 Å². The van der Waals surface area contributed by atoms with Crippen LogP contribution >= 0.6 is 0 Å². The van der Waals surface area contributed by atoms with E-state index < -0.39 is 18.5 Å². The van der Waals surface area contributed by atoms with Crippen molar-refractivity contribution < 1.29 is 18.0 Å². The van der Waals surface area contributed by atoms with E-state index in [-0.39, 0.29) is 6.04 Å². The molecule has 10 heteroatoms. The van der Waals surface area contributed by atoms with Crippen LogP contribution in [0.2, 0.25) is 0 Å². The summed E-state index contributed by atoms with van der Waals surface area (Å²) >= 11 is 0. The minimum Gasteiger partial charge on any atom is -0.352 e. The minimum absolute atomic E-state index is 0.305.